The molecule has 1 amide bonds. The van der Waals surface area contributed by atoms with Gasteiger partial charge in [0, 0.05) is 19.1 Å². The predicted octanol–water partition coefficient (Wildman–Crippen LogP) is 2.64. The molecule has 1 atom stereocenters. The Morgan fingerprint density at radius 1 is 1.21 bits per heavy atom. The Balaban J connectivity index is 1.96. The maximum Gasteiger partial charge on any atom is 0.261 e. The van der Waals surface area contributed by atoms with E-state index in [-0.39, 0.29) is 18.4 Å². The summed E-state index contributed by atoms with van der Waals surface area (Å²) in [6, 6.07) is 13.6. The highest BCUT2D eigenvalue weighted by Crippen LogP contribution is 2.18. The Bertz CT molecular complexity index is 496. The lowest BCUT2D eigenvalue weighted by Gasteiger charge is -2.16. The molecule has 1 heterocycles. The smallest absolute Gasteiger partial charge is 0.261 e. The monoisotopic (exact) mass is 275 g/mol. The number of hydrogen-bond donors (Lipinski definition) is 2. The molecule has 0 bridgehead atoms. The first-order valence-corrected chi connectivity index (χ1v) is 7.16. The van der Waals surface area contributed by atoms with Crippen LogP contribution in [0.15, 0.2) is 47.8 Å². The topological polar surface area (TPSA) is 49.3 Å². The number of nitrogens with one attached hydrogen (secondary N) is 1. The highest BCUT2D eigenvalue weighted by Gasteiger charge is 2.13. The van der Waals surface area contributed by atoms with Crippen molar-refractivity contribution >= 4 is 17.2 Å². The minimum atomic E-state index is -0.0473. The van der Waals surface area contributed by atoms with Crippen LogP contribution in [0.25, 0.3) is 0 Å². The molecule has 19 heavy (non-hydrogen) atoms. The number of aliphatic hydroxyl groups excluding tert-OH is 1. The standard InChI is InChI=1S/C15H17NO2S/c17-9-8-13(12-5-2-1-3-6-12)11-16-15(18)14-7-4-10-19-14/h1-7,10,13,17H,8-9,11H2,(H,16,18). The largest absolute Gasteiger partial charge is 0.396 e. The molecule has 1 unspecified atom stereocenters. The van der Waals surface area contributed by atoms with E-state index in [0.717, 1.165) is 10.4 Å². The van der Waals surface area contributed by atoms with Gasteiger partial charge in [-0.1, -0.05) is 36.4 Å². The second-order valence-corrected chi connectivity index (χ2v) is 5.25. The van der Waals surface area contributed by atoms with Crippen molar-refractivity contribution in [1.29, 1.82) is 0 Å². The van der Waals surface area contributed by atoms with Crippen LogP contribution >= 0.6 is 11.3 Å². The molecule has 1 aromatic carbocycles. The maximum absolute atomic E-state index is 11.9. The number of amides is 1. The van der Waals surface area contributed by atoms with Gasteiger partial charge in [-0.05, 0) is 23.4 Å². The molecule has 0 aliphatic rings. The summed E-state index contributed by atoms with van der Waals surface area (Å²) in [5.41, 5.74) is 1.14. The summed E-state index contributed by atoms with van der Waals surface area (Å²) in [6.07, 6.45) is 0.648. The molecule has 2 N–H and O–H groups in total. The minimum Gasteiger partial charge on any atom is -0.396 e. The van der Waals surface area contributed by atoms with Gasteiger partial charge in [0.15, 0.2) is 0 Å². The molecule has 0 aliphatic carbocycles. The summed E-state index contributed by atoms with van der Waals surface area (Å²) in [7, 11) is 0. The van der Waals surface area contributed by atoms with Gasteiger partial charge >= 0.3 is 0 Å². The van der Waals surface area contributed by atoms with Crippen LogP contribution in [0.5, 0.6) is 0 Å². The first-order chi connectivity index (χ1) is 9.31. The second kappa shape index (κ2) is 7.07. The van der Waals surface area contributed by atoms with Crippen molar-refractivity contribution in [2.45, 2.75) is 12.3 Å². The Morgan fingerprint density at radius 2 is 2.00 bits per heavy atom. The van der Waals surface area contributed by atoms with E-state index in [1.165, 1.54) is 11.3 Å². The molecule has 0 aliphatic heterocycles. The van der Waals surface area contributed by atoms with Gasteiger partial charge in [0.1, 0.15) is 0 Å². The molecule has 0 spiro atoms. The molecule has 0 fully saturated rings. The van der Waals surface area contributed by atoms with E-state index < -0.39 is 0 Å². The average Bonchev–Trinajstić information content (AvgIpc) is 2.98. The van der Waals surface area contributed by atoms with Crippen molar-refractivity contribution in [2.75, 3.05) is 13.2 Å². The number of benzene rings is 1. The first-order valence-electron chi connectivity index (χ1n) is 6.28. The molecule has 2 rings (SSSR count). The fourth-order valence-corrected chi connectivity index (χ4v) is 2.62. The molecule has 2 aromatic rings. The number of hydrogen-bond acceptors (Lipinski definition) is 3. The molecule has 0 saturated heterocycles. The third kappa shape index (κ3) is 3.91. The molecule has 0 saturated carbocycles. The van der Waals surface area contributed by atoms with Crippen LogP contribution in [0, 0.1) is 0 Å². The van der Waals surface area contributed by atoms with Crippen LogP contribution in [0.4, 0.5) is 0 Å². The predicted molar refractivity (Wildman–Crippen MR) is 77.5 cm³/mol. The average molecular weight is 275 g/mol. The Hall–Kier alpha value is -1.65. The van der Waals surface area contributed by atoms with Gasteiger partial charge in [0.05, 0.1) is 4.88 Å². The van der Waals surface area contributed by atoms with Gasteiger partial charge < -0.3 is 10.4 Å². The van der Waals surface area contributed by atoms with Crippen LogP contribution in [0.3, 0.4) is 0 Å². The molecule has 4 heteroatoms. The van der Waals surface area contributed by atoms with Gasteiger partial charge in [0.2, 0.25) is 0 Å². The third-order valence-electron chi connectivity index (χ3n) is 3.00. The van der Waals surface area contributed by atoms with Crippen LogP contribution in [-0.2, 0) is 0 Å². The van der Waals surface area contributed by atoms with E-state index >= 15 is 0 Å². The molecular formula is C15H17NO2S. The third-order valence-corrected chi connectivity index (χ3v) is 3.87. The highest BCUT2D eigenvalue weighted by molar-refractivity contribution is 7.12. The van der Waals surface area contributed by atoms with Crippen molar-refractivity contribution in [1.82, 2.24) is 5.32 Å². The number of thiophene rings is 1. The van der Waals surface area contributed by atoms with Crippen LogP contribution in [0.2, 0.25) is 0 Å². The molecule has 3 nitrogen and oxygen atoms in total. The summed E-state index contributed by atoms with van der Waals surface area (Å²) in [5.74, 6) is 0.101. The van der Waals surface area contributed by atoms with Crippen LogP contribution < -0.4 is 5.32 Å². The zero-order valence-electron chi connectivity index (χ0n) is 10.6. The fourth-order valence-electron chi connectivity index (χ4n) is 1.98. The van der Waals surface area contributed by atoms with Gasteiger partial charge in [-0.3, -0.25) is 4.79 Å². The maximum atomic E-state index is 11.9. The lowest BCUT2D eigenvalue weighted by Crippen LogP contribution is -2.28. The molecule has 0 radical (unpaired) electrons. The molecule has 100 valence electrons. The van der Waals surface area contributed by atoms with Crippen molar-refractivity contribution in [3.05, 3.63) is 58.3 Å². The summed E-state index contributed by atoms with van der Waals surface area (Å²) in [4.78, 5) is 12.6. The van der Waals surface area contributed by atoms with Gasteiger partial charge in [0.25, 0.3) is 5.91 Å². The second-order valence-electron chi connectivity index (χ2n) is 4.31. The van der Waals surface area contributed by atoms with E-state index in [1.54, 1.807) is 0 Å². The number of carbonyl (C=O) groups is 1. The molecule has 1 aromatic heterocycles. The fraction of sp³-hybridized carbons (Fsp3) is 0.267. The quantitative estimate of drug-likeness (QED) is 0.851. The summed E-state index contributed by atoms with van der Waals surface area (Å²) in [6.45, 7) is 0.662. The zero-order chi connectivity index (χ0) is 13.5. The summed E-state index contributed by atoms with van der Waals surface area (Å²) < 4.78 is 0. The Labute approximate surface area is 116 Å². The van der Waals surface area contributed by atoms with Gasteiger partial charge in [-0.15, -0.1) is 11.3 Å². The molecular weight excluding hydrogens is 258 g/mol. The minimum absolute atomic E-state index is 0.0473. The summed E-state index contributed by atoms with van der Waals surface area (Å²) in [5, 5.41) is 14.0. The van der Waals surface area contributed by atoms with E-state index in [4.69, 9.17) is 5.11 Å². The highest BCUT2D eigenvalue weighted by atomic mass is 32.1. The summed E-state index contributed by atoms with van der Waals surface area (Å²) >= 11 is 1.43. The number of aliphatic hydroxyl groups is 1. The van der Waals surface area contributed by atoms with Crippen molar-refractivity contribution in [2.24, 2.45) is 0 Å². The zero-order valence-corrected chi connectivity index (χ0v) is 11.4. The van der Waals surface area contributed by atoms with Crippen molar-refractivity contribution < 1.29 is 9.90 Å². The lowest BCUT2D eigenvalue weighted by atomic mass is 9.96. The lowest BCUT2D eigenvalue weighted by molar-refractivity contribution is 0.0953. The van der Waals surface area contributed by atoms with Gasteiger partial charge in [-0.2, -0.15) is 0 Å². The van der Waals surface area contributed by atoms with E-state index in [2.05, 4.69) is 5.32 Å². The SMILES string of the molecule is O=C(NCC(CCO)c1ccccc1)c1cccs1. The van der Waals surface area contributed by atoms with Gasteiger partial charge in [-0.25, -0.2) is 0 Å². The van der Waals surface area contributed by atoms with E-state index in [9.17, 15) is 4.79 Å². The Morgan fingerprint density at radius 3 is 2.63 bits per heavy atom. The number of carbonyl (C=O) groups excluding carboxylic acids is 1. The van der Waals surface area contributed by atoms with Crippen molar-refractivity contribution in [3.8, 4) is 0 Å². The van der Waals surface area contributed by atoms with Crippen molar-refractivity contribution in [3.63, 3.8) is 0 Å². The number of rotatable bonds is 6. The Kier molecular flexibility index (Phi) is 5.12. The first kappa shape index (κ1) is 13.8. The normalized spacial score (nSPS) is 12.1. The van der Waals surface area contributed by atoms with Crippen LogP contribution in [-0.4, -0.2) is 24.2 Å². The van der Waals surface area contributed by atoms with E-state index in [0.29, 0.717) is 13.0 Å². The van der Waals surface area contributed by atoms with Crippen LogP contribution in [0.1, 0.15) is 27.6 Å². The van der Waals surface area contributed by atoms with E-state index in [1.807, 2.05) is 47.8 Å².